The number of rotatable bonds is 8. The van der Waals surface area contributed by atoms with Crippen LogP contribution in [0.1, 0.15) is 22.5 Å². The van der Waals surface area contributed by atoms with Gasteiger partial charge in [-0.3, -0.25) is 14.4 Å². The fourth-order valence-corrected chi connectivity index (χ4v) is 2.07. The molecular formula is C12H14N2O6S. The normalized spacial score (nSPS) is 11.4. The molecule has 8 nitrogen and oxygen atoms in total. The van der Waals surface area contributed by atoms with Crippen LogP contribution in [0, 0.1) is 0 Å². The molecule has 9 heteroatoms. The summed E-state index contributed by atoms with van der Waals surface area (Å²) in [5, 5.41) is 23.6. The summed E-state index contributed by atoms with van der Waals surface area (Å²) in [6.07, 6.45) is -0.603. The second-order valence-electron chi connectivity index (χ2n) is 4.05. The highest BCUT2D eigenvalue weighted by molar-refractivity contribution is 7.12. The summed E-state index contributed by atoms with van der Waals surface area (Å²) >= 11 is 1.21. The van der Waals surface area contributed by atoms with Gasteiger partial charge in [0.15, 0.2) is 0 Å². The van der Waals surface area contributed by atoms with Crippen LogP contribution in [0.3, 0.4) is 0 Å². The van der Waals surface area contributed by atoms with Crippen LogP contribution < -0.4 is 10.6 Å². The third kappa shape index (κ3) is 6.04. The van der Waals surface area contributed by atoms with Crippen LogP contribution in [-0.2, 0) is 14.4 Å². The quantitative estimate of drug-likeness (QED) is 0.530. The second-order valence-corrected chi connectivity index (χ2v) is 5.00. The molecule has 114 valence electrons. The molecule has 0 aliphatic heterocycles. The third-order valence-corrected chi connectivity index (χ3v) is 3.30. The van der Waals surface area contributed by atoms with Crippen LogP contribution in [-0.4, -0.2) is 46.6 Å². The molecule has 1 heterocycles. The van der Waals surface area contributed by atoms with Crippen molar-refractivity contribution in [1.82, 2.24) is 10.6 Å². The Balaban J connectivity index is 2.41. The predicted octanol–water partition coefficient (Wildman–Crippen LogP) is -0.0879. The number of thiophene rings is 1. The summed E-state index contributed by atoms with van der Waals surface area (Å²) < 4.78 is 0. The van der Waals surface area contributed by atoms with E-state index in [-0.39, 0.29) is 19.4 Å². The Morgan fingerprint density at radius 1 is 1.24 bits per heavy atom. The molecule has 1 aromatic rings. The molecule has 0 spiro atoms. The average molecular weight is 314 g/mol. The average Bonchev–Trinajstić information content (AvgIpc) is 2.94. The van der Waals surface area contributed by atoms with E-state index in [0.717, 1.165) is 0 Å². The van der Waals surface area contributed by atoms with Gasteiger partial charge in [0.25, 0.3) is 5.91 Å². The molecular weight excluding hydrogens is 300 g/mol. The van der Waals surface area contributed by atoms with Crippen LogP contribution in [0.25, 0.3) is 0 Å². The van der Waals surface area contributed by atoms with Crippen LogP contribution in [0.5, 0.6) is 0 Å². The summed E-state index contributed by atoms with van der Waals surface area (Å²) in [6.45, 7) is -0.381. The van der Waals surface area contributed by atoms with Gasteiger partial charge in [-0.15, -0.1) is 11.3 Å². The highest BCUT2D eigenvalue weighted by Gasteiger charge is 2.21. The molecule has 0 fully saturated rings. The molecule has 0 aliphatic rings. The van der Waals surface area contributed by atoms with Crippen molar-refractivity contribution in [2.24, 2.45) is 0 Å². The van der Waals surface area contributed by atoms with Gasteiger partial charge in [0.2, 0.25) is 5.91 Å². The lowest BCUT2D eigenvalue weighted by molar-refractivity contribution is -0.142. The number of hydrogen-bond donors (Lipinski definition) is 4. The van der Waals surface area contributed by atoms with E-state index in [9.17, 15) is 19.2 Å². The Morgan fingerprint density at radius 3 is 2.48 bits per heavy atom. The molecule has 4 N–H and O–H groups in total. The van der Waals surface area contributed by atoms with Crippen LogP contribution in [0.2, 0.25) is 0 Å². The van der Waals surface area contributed by atoms with E-state index < -0.39 is 29.8 Å². The number of nitrogens with one attached hydrogen (secondary N) is 2. The molecule has 0 saturated carbocycles. The van der Waals surface area contributed by atoms with Crippen molar-refractivity contribution < 1.29 is 29.4 Å². The second kappa shape index (κ2) is 8.00. The van der Waals surface area contributed by atoms with Crippen LogP contribution >= 0.6 is 11.3 Å². The number of carboxylic acid groups (broad SMARTS) is 2. The van der Waals surface area contributed by atoms with Gasteiger partial charge >= 0.3 is 11.9 Å². The molecule has 1 rings (SSSR count). The Hall–Kier alpha value is -2.42. The topological polar surface area (TPSA) is 133 Å². The standard InChI is InChI=1S/C12H14N2O6S/c15-9(6-13-11(18)8-2-1-5-21-8)14-7(12(19)20)3-4-10(16)17/h1-2,5,7H,3-4,6H2,(H,13,18)(H,14,15)(H,16,17)(H,19,20). The van der Waals surface area contributed by atoms with E-state index in [0.29, 0.717) is 4.88 Å². The first-order valence-corrected chi connectivity index (χ1v) is 6.83. The maximum Gasteiger partial charge on any atom is 0.326 e. The van der Waals surface area contributed by atoms with Gasteiger partial charge in [0, 0.05) is 6.42 Å². The summed E-state index contributed by atoms with van der Waals surface area (Å²) in [5.74, 6) is -3.61. The van der Waals surface area contributed by atoms with Gasteiger partial charge in [-0.25, -0.2) is 4.79 Å². The van der Waals surface area contributed by atoms with Crippen molar-refractivity contribution in [3.8, 4) is 0 Å². The minimum absolute atomic E-state index is 0.227. The zero-order chi connectivity index (χ0) is 15.8. The monoisotopic (exact) mass is 314 g/mol. The van der Waals surface area contributed by atoms with Crippen molar-refractivity contribution in [2.45, 2.75) is 18.9 Å². The Labute approximate surface area is 123 Å². The van der Waals surface area contributed by atoms with E-state index in [1.165, 1.54) is 11.3 Å². The fourth-order valence-electron chi connectivity index (χ4n) is 1.43. The van der Waals surface area contributed by atoms with Crippen molar-refractivity contribution in [2.75, 3.05) is 6.54 Å². The van der Waals surface area contributed by atoms with Gasteiger partial charge in [-0.1, -0.05) is 6.07 Å². The van der Waals surface area contributed by atoms with Crippen molar-refractivity contribution in [1.29, 1.82) is 0 Å². The molecule has 1 aromatic heterocycles. The zero-order valence-electron chi connectivity index (χ0n) is 10.9. The van der Waals surface area contributed by atoms with Gasteiger partial charge < -0.3 is 20.8 Å². The maximum atomic E-state index is 11.6. The third-order valence-electron chi connectivity index (χ3n) is 2.43. The van der Waals surface area contributed by atoms with Crippen molar-refractivity contribution in [3.63, 3.8) is 0 Å². The molecule has 0 bridgehead atoms. The minimum Gasteiger partial charge on any atom is -0.481 e. The number of hydrogen-bond acceptors (Lipinski definition) is 5. The first-order valence-electron chi connectivity index (χ1n) is 5.96. The van der Waals surface area contributed by atoms with Crippen molar-refractivity contribution >= 4 is 35.1 Å². The predicted molar refractivity (Wildman–Crippen MR) is 73.1 cm³/mol. The summed E-state index contributed by atoms with van der Waals surface area (Å²) in [6, 6.07) is 1.98. The molecule has 2 amide bonds. The summed E-state index contributed by atoms with van der Waals surface area (Å²) in [5.41, 5.74) is 0. The Morgan fingerprint density at radius 2 is 1.95 bits per heavy atom. The number of carbonyl (C=O) groups excluding carboxylic acids is 2. The number of amides is 2. The van der Waals surface area contributed by atoms with Gasteiger partial charge in [0.05, 0.1) is 11.4 Å². The number of carbonyl (C=O) groups is 4. The van der Waals surface area contributed by atoms with Crippen molar-refractivity contribution in [3.05, 3.63) is 22.4 Å². The van der Waals surface area contributed by atoms with E-state index >= 15 is 0 Å². The molecule has 1 unspecified atom stereocenters. The molecule has 0 aliphatic carbocycles. The highest BCUT2D eigenvalue weighted by atomic mass is 32.1. The number of aliphatic carboxylic acids is 2. The van der Waals surface area contributed by atoms with E-state index in [2.05, 4.69) is 10.6 Å². The zero-order valence-corrected chi connectivity index (χ0v) is 11.7. The van der Waals surface area contributed by atoms with Gasteiger partial charge in [0.1, 0.15) is 6.04 Å². The maximum absolute atomic E-state index is 11.6. The van der Waals surface area contributed by atoms with Crippen LogP contribution in [0.15, 0.2) is 17.5 Å². The molecule has 1 atom stereocenters. The van der Waals surface area contributed by atoms with E-state index in [4.69, 9.17) is 10.2 Å². The first-order chi connectivity index (χ1) is 9.90. The molecule has 0 radical (unpaired) electrons. The van der Waals surface area contributed by atoms with Crippen LogP contribution in [0.4, 0.5) is 0 Å². The fraction of sp³-hybridized carbons (Fsp3) is 0.333. The number of carboxylic acids is 2. The lowest BCUT2D eigenvalue weighted by Crippen LogP contribution is -2.45. The largest absolute Gasteiger partial charge is 0.481 e. The SMILES string of the molecule is O=C(O)CCC(NC(=O)CNC(=O)c1cccs1)C(=O)O. The summed E-state index contributed by atoms with van der Waals surface area (Å²) in [7, 11) is 0. The Bertz CT molecular complexity index is 528. The smallest absolute Gasteiger partial charge is 0.326 e. The summed E-state index contributed by atoms with van der Waals surface area (Å²) in [4.78, 5) is 44.8. The van der Waals surface area contributed by atoms with Gasteiger partial charge in [-0.05, 0) is 17.9 Å². The van der Waals surface area contributed by atoms with E-state index in [1.54, 1.807) is 17.5 Å². The lowest BCUT2D eigenvalue weighted by atomic mass is 10.1. The van der Waals surface area contributed by atoms with E-state index in [1.807, 2.05) is 0 Å². The Kier molecular flexibility index (Phi) is 6.34. The minimum atomic E-state index is -1.32. The lowest BCUT2D eigenvalue weighted by Gasteiger charge is -2.13. The first kappa shape index (κ1) is 16.6. The van der Waals surface area contributed by atoms with Gasteiger partial charge in [-0.2, -0.15) is 0 Å². The molecule has 0 aromatic carbocycles. The highest BCUT2D eigenvalue weighted by Crippen LogP contribution is 2.07. The molecule has 0 saturated heterocycles. The molecule has 21 heavy (non-hydrogen) atoms.